The fourth-order valence-electron chi connectivity index (χ4n) is 2.98. The van der Waals surface area contributed by atoms with E-state index in [9.17, 15) is 4.79 Å². The van der Waals surface area contributed by atoms with Crippen molar-refractivity contribution < 1.29 is 9.63 Å². The van der Waals surface area contributed by atoms with E-state index in [1.807, 2.05) is 26.8 Å². The lowest BCUT2D eigenvalue weighted by Crippen LogP contribution is -2.47. The number of halogens is 1. The van der Waals surface area contributed by atoms with E-state index in [0.29, 0.717) is 24.2 Å². The molecule has 0 N–H and O–H groups in total. The monoisotopic (exact) mass is 337 g/mol. The van der Waals surface area contributed by atoms with Gasteiger partial charge in [0.15, 0.2) is 0 Å². The second kappa shape index (κ2) is 6.36. The lowest BCUT2D eigenvalue weighted by Gasteiger charge is -2.38. The van der Waals surface area contributed by atoms with Crippen LogP contribution < -0.4 is 0 Å². The molecule has 1 saturated carbocycles. The van der Waals surface area contributed by atoms with Crippen LogP contribution in [0.4, 0.5) is 0 Å². The summed E-state index contributed by atoms with van der Waals surface area (Å²) in [7, 11) is 0. The zero-order valence-corrected chi connectivity index (χ0v) is 14.8. The van der Waals surface area contributed by atoms with Crippen LogP contribution in [0.5, 0.6) is 0 Å². The highest BCUT2D eigenvalue weighted by atomic mass is 35.5. The highest BCUT2D eigenvalue weighted by molar-refractivity contribution is 6.29. The minimum absolute atomic E-state index is 0.205. The number of carbonyl (C=O) groups is 1. The van der Waals surface area contributed by atoms with Gasteiger partial charge in [0, 0.05) is 24.9 Å². The third-order valence-electron chi connectivity index (χ3n) is 4.54. The minimum Gasteiger partial charge on any atom is -0.367 e. The zero-order chi connectivity index (χ0) is 16.6. The van der Waals surface area contributed by atoms with Crippen molar-refractivity contribution in [2.24, 2.45) is 5.41 Å². The Balaban J connectivity index is 1.62. The van der Waals surface area contributed by atoms with Crippen molar-refractivity contribution >= 4 is 17.6 Å². The van der Waals surface area contributed by atoms with Crippen LogP contribution in [-0.4, -0.2) is 34.1 Å². The average molecular weight is 338 g/mol. The number of carbonyl (C=O) groups excluding carboxylic acids is 1. The maximum Gasteiger partial charge on any atom is 0.330 e. The van der Waals surface area contributed by atoms with Crippen LogP contribution in [-0.2, 0) is 9.63 Å². The molecule has 1 aliphatic heterocycles. The van der Waals surface area contributed by atoms with Gasteiger partial charge in [0.25, 0.3) is 0 Å². The predicted octanol–water partition coefficient (Wildman–Crippen LogP) is 3.69. The summed E-state index contributed by atoms with van der Waals surface area (Å²) in [5.74, 6) is 1.38. The zero-order valence-electron chi connectivity index (χ0n) is 14.0. The first-order chi connectivity index (χ1) is 10.8. The molecule has 5 nitrogen and oxygen atoms in total. The summed E-state index contributed by atoms with van der Waals surface area (Å²) in [5.41, 5.74) is 0.480. The summed E-state index contributed by atoms with van der Waals surface area (Å²) in [4.78, 5) is 26.4. The van der Waals surface area contributed by atoms with Gasteiger partial charge in [0.2, 0.25) is 0 Å². The molecule has 0 atom stereocenters. The molecule has 0 spiro atoms. The van der Waals surface area contributed by atoms with Crippen LogP contribution in [0.2, 0.25) is 5.15 Å². The molecule has 1 saturated heterocycles. The van der Waals surface area contributed by atoms with Gasteiger partial charge in [-0.3, -0.25) is 0 Å². The first-order valence-corrected chi connectivity index (χ1v) is 8.72. The molecule has 0 aromatic carbocycles. The summed E-state index contributed by atoms with van der Waals surface area (Å²) in [5, 5.41) is 2.21. The topological polar surface area (TPSA) is 55.3 Å². The first kappa shape index (κ1) is 16.7. The van der Waals surface area contributed by atoms with Crippen molar-refractivity contribution in [2.75, 3.05) is 13.1 Å². The van der Waals surface area contributed by atoms with Gasteiger partial charge >= 0.3 is 5.97 Å². The Morgan fingerprint density at radius 2 is 1.87 bits per heavy atom. The van der Waals surface area contributed by atoms with E-state index in [2.05, 4.69) is 4.98 Å². The van der Waals surface area contributed by atoms with Gasteiger partial charge in [-0.05, 0) is 39.7 Å². The van der Waals surface area contributed by atoms with E-state index in [4.69, 9.17) is 21.4 Å². The SMILES string of the molecule is CC(C)(C)C(=O)ON1CC(c2cc(Cl)nc(C3CCCC3)n2)C1. The summed E-state index contributed by atoms with van der Waals surface area (Å²) < 4.78 is 0. The van der Waals surface area contributed by atoms with Crippen molar-refractivity contribution in [1.29, 1.82) is 0 Å². The van der Waals surface area contributed by atoms with E-state index >= 15 is 0 Å². The molecule has 2 heterocycles. The Kier molecular flexibility index (Phi) is 4.61. The number of hydroxylamine groups is 2. The molecule has 23 heavy (non-hydrogen) atoms. The fourth-order valence-corrected chi connectivity index (χ4v) is 3.18. The van der Waals surface area contributed by atoms with Gasteiger partial charge in [-0.2, -0.15) is 0 Å². The number of nitrogens with zero attached hydrogens (tertiary/aromatic N) is 3. The molecule has 1 aliphatic carbocycles. The lowest BCUT2D eigenvalue weighted by molar-refractivity contribution is -0.221. The highest BCUT2D eigenvalue weighted by Crippen LogP contribution is 2.34. The van der Waals surface area contributed by atoms with Crippen LogP contribution in [0.15, 0.2) is 6.07 Å². The van der Waals surface area contributed by atoms with E-state index in [1.54, 1.807) is 5.06 Å². The van der Waals surface area contributed by atoms with Crippen molar-refractivity contribution in [3.05, 3.63) is 22.7 Å². The molecule has 2 aliphatic rings. The molecule has 126 valence electrons. The largest absolute Gasteiger partial charge is 0.367 e. The smallest absolute Gasteiger partial charge is 0.330 e. The minimum atomic E-state index is -0.487. The molecular weight excluding hydrogens is 314 g/mol. The summed E-state index contributed by atoms with van der Waals surface area (Å²) in [6.07, 6.45) is 4.80. The first-order valence-electron chi connectivity index (χ1n) is 8.34. The van der Waals surface area contributed by atoms with Crippen molar-refractivity contribution in [1.82, 2.24) is 15.0 Å². The number of aromatic nitrogens is 2. The standard InChI is InChI=1S/C17H24ClN3O2/c1-17(2,3)16(22)23-21-9-12(10-21)13-8-14(18)20-15(19-13)11-6-4-5-7-11/h8,11-12H,4-7,9-10H2,1-3H3. The normalized spacial score (nSPS) is 20.5. The molecule has 1 aromatic rings. The van der Waals surface area contributed by atoms with Crippen LogP contribution in [0, 0.1) is 5.41 Å². The van der Waals surface area contributed by atoms with Gasteiger partial charge in [0.1, 0.15) is 11.0 Å². The van der Waals surface area contributed by atoms with Crippen molar-refractivity contribution in [3.8, 4) is 0 Å². The Morgan fingerprint density at radius 1 is 1.22 bits per heavy atom. The summed E-state index contributed by atoms with van der Waals surface area (Å²) >= 11 is 6.18. The number of rotatable bonds is 3. The predicted molar refractivity (Wildman–Crippen MR) is 88.1 cm³/mol. The third-order valence-corrected chi connectivity index (χ3v) is 4.74. The van der Waals surface area contributed by atoms with Crippen LogP contribution in [0.1, 0.15) is 69.8 Å². The van der Waals surface area contributed by atoms with Gasteiger partial charge in [-0.15, -0.1) is 5.06 Å². The summed E-state index contributed by atoms with van der Waals surface area (Å²) in [6.45, 7) is 6.89. The third kappa shape index (κ3) is 3.83. The Labute approximate surface area is 142 Å². The maximum atomic E-state index is 11.9. The van der Waals surface area contributed by atoms with E-state index in [-0.39, 0.29) is 11.9 Å². The quantitative estimate of drug-likeness (QED) is 0.787. The average Bonchev–Trinajstić information content (AvgIpc) is 2.94. The number of hydrogen-bond donors (Lipinski definition) is 0. The van der Waals surface area contributed by atoms with E-state index in [0.717, 1.165) is 24.4 Å². The second-order valence-electron chi connectivity index (χ2n) is 7.63. The number of hydrogen-bond acceptors (Lipinski definition) is 5. The van der Waals surface area contributed by atoms with Crippen LogP contribution in [0.3, 0.4) is 0 Å². The molecule has 6 heteroatoms. The highest BCUT2D eigenvalue weighted by Gasteiger charge is 2.35. The van der Waals surface area contributed by atoms with E-state index in [1.165, 1.54) is 12.8 Å². The lowest BCUT2D eigenvalue weighted by atomic mass is 9.96. The van der Waals surface area contributed by atoms with Gasteiger partial charge < -0.3 is 4.84 Å². The van der Waals surface area contributed by atoms with Crippen molar-refractivity contribution in [2.45, 2.75) is 58.3 Å². The van der Waals surface area contributed by atoms with Gasteiger partial charge in [-0.1, -0.05) is 24.4 Å². The maximum absolute atomic E-state index is 11.9. The summed E-state index contributed by atoms with van der Waals surface area (Å²) in [6, 6.07) is 1.84. The Hall–Kier alpha value is -1.20. The fraction of sp³-hybridized carbons (Fsp3) is 0.706. The Morgan fingerprint density at radius 3 is 2.48 bits per heavy atom. The molecule has 0 bridgehead atoms. The molecule has 3 rings (SSSR count). The van der Waals surface area contributed by atoms with Crippen molar-refractivity contribution in [3.63, 3.8) is 0 Å². The van der Waals surface area contributed by atoms with Gasteiger partial charge in [0.05, 0.1) is 11.1 Å². The van der Waals surface area contributed by atoms with Crippen LogP contribution >= 0.6 is 11.6 Å². The Bertz CT molecular complexity index is 588. The molecule has 0 radical (unpaired) electrons. The van der Waals surface area contributed by atoms with Gasteiger partial charge in [-0.25, -0.2) is 14.8 Å². The van der Waals surface area contributed by atoms with Crippen LogP contribution in [0.25, 0.3) is 0 Å². The molecule has 1 aromatic heterocycles. The molecule has 0 unspecified atom stereocenters. The molecule has 0 amide bonds. The van der Waals surface area contributed by atoms with E-state index < -0.39 is 5.41 Å². The second-order valence-corrected chi connectivity index (χ2v) is 8.01. The molecule has 2 fully saturated rings. The molecular formula is C17H24ClN3O2.